The molecule has 1 rings (SSSR count). The molecule has 4 nitrogen and oxygen atoms in total. The number of anilines is 2. The van der Waals surface area contributed by atoms with Crippen LogP contribution in [0.2, 0.25) is 0 Å². The summed E-state index contributed by atoms with van der Waals surface area (Å²) in [5.74, 6) is -0.516. The monoisotopic (exact) mass is 167 g/mol. The third-order valence-electron chi connectivity index (χ3n) is 1.02. The highest BCUT2D eigenvalue weighted by Crippen LogP contribution is 2.34. The molecule has 0 aliphatic heterocycles. The molecule has 1 aromatic heterocycles. The van der Waals surface area contributed by atoms with Crippen LogP contribution < -0.4 is 11.5 Å². The van der Waals surface area contributed by atoms with E-state index in [0.29, 0.717) is 0 Å². The molecule has 0 spiro atoms. The minimum Gasteiger partial charge on any atom is -0.392 e. The molecule has 0 amide bonds. The molecular formula is C4H4F3N3O. The first-order valence-corrected chi connectivity index (χ1v) is 2.50. The Bertz CT molecular complexity index is 266. The molecule has 62 valence electrons. The Morgan fingerprint density at radius 3 is 2.00 bits per heavy atom. The van der Waals surface area contributed by atoms with Crippen LogP contribution in [0.15, 0.2) is 4.52 Å². The van der Waals surface area contributed by atoms with Gasteiger partial charge in [-0.15, -0.1) is 0 Å². The summed E-state index contributed by atoms with van der Waals surface area (Å²) in [6, 6.07) is 0. The fraction of sp³-hybridized carbons (Fsp3) is 0.250. The molecule has 0 radical (unpaired) electrons. The summed E-state index contributed by atoms with van der Waals surface area (Å²) in [6.07, 6.45) is -4.61. The molecule has 0 fully saturated rings. The smallest absolute Gasteiger partial charge is 0.392 e. The SMILES string of the molecule is Nc1onc(C(F)(F)F)c1N. The number of hydrogen-bond donors (Lipinski definition) is 2. The van der Waals surface area contributed by atoms with Gasteiger partial charge in [-0.3, -0.25) is 0 Å². The highest BCUT2D eigenvalue weighted by molar-refractivity contribution is 5.59. The van der Waals surface area contributed by atoms with E-state index in [9.17, 15) is 13.2 Å². The summed E-state index contributed by atoms with van der Waals surface area (Å²) in [7, 11) is 0. The number of aromatic nitrogens is 1. The quantitative estimate of drug-likeness (QED) is 0.600. The molecule has 0 bridgehead atoms. The number of nitrogens with zero attached hydrogens (tertiary/aromatic N) is 1. The Morgan fingerprint density at radius 2 is 1.82 bits per heavy atom. The van der Waals surface area contributed by atoms with Gasteiger partial charge >= 0.3 is 6.18 Å². The average molecular weight is 167 g/mol. The van der Waals surface area contributed by atoms with E-state index < -0.39 is 23.4 Å². The van der Waals surface area contributed by atoms with Gasteiger partial charge < -0.3 is 16.0 Å². The van der Waals surface area contributed by atoms with Crippen molar-refractivity contribution in [1.82, 2.24) is 5.16 Å². The van der Waals surface area contributed by atoms with Crippen molar-refractivity contribution in [3.05, 3.63) is 5.69 Å². The molecular weight excluding hydrogens is 163 g/mol. The second-order valence-electron chi connectivity index (χ2n) is 1.81. The molecule has 0 atom stereocenters. The number of alkyl halides is 3. The fourth-order valence-corrected chi connectivity index (χ4v) is 0.514. The van der Waals surface area contributed by atoms with Gasteiger partial charge in [-0.05, 0) is 0 Å². The summed E-state index contributed by atoms with van der Waals surface area (Å²) < 4.78 is 39.4. The van der Waals surface area contributed by atoms with Crippen LogP contribution in [-0.2, 0) is 6.18 Å². The summed E-state index contributed by atoms with van der Waals surface area (Å²) in [5, 5.41) is 2.64. The van der Waals surface area contributed by atoms with Crippen LogP contribution in [0.5, 0.6) is 0 Å². The molecule has 0 unspecified atom stereocenters. The van der Waals surface area contributed by atoms with Crippen LogP contribution in [0, 0.1) is 0 Å². The normalized spacial score (nSPS) is 11.9. The Labute approximate surface area is 58.9 Å². The Hall–Kier alpha value is -1.40. The maximum Gasteiger partial charge on any atom is 0.438 e. The van der Waals surface area contributed by atoms with Crippen molar-refractivity contribution in [3.63, 3.8) is 0 Å². The van der Waals surface area contributed by atoms with Gasteiger partial charge in [0, 0.05) is 0 Å². The summed E-state index contributed by atoms with van der Waals surface area (Å²) >= 11 is 0. The maximum atomic E-state index is 11.8. The minimum absolute atomic E-state index is 0.516. The predicted molar refractivity (Wildman–Crippen MR) is 30.3 cm³/mol. The lowest BCUT2D eigenvalue weighted by molar-refractivity contribution is -0.142. The second kappa shape index (κ2) is 2.04. The molecule has 4 N–H and O–H groups in total. The van der Waals surface area contributed by atoms with Crippen molar-refractivity contribution >= 4 is 11.6 Å². The molecule has 0 saturated heterocycles. The van der Waals surface area contributed by atoms with E-state index in [1.165, 1.54) is 0 Å². The minimum atomic E-state index is -4.61. The van der Waals surface area contributed by atoms with Gasteiger partial charge in [0.25, 0.3) is 0 Å². The van der Waals surface area contributed by atoms with Gasteiger partial charge in [0.05, 0.1) is 0 Å². The van der Waals surface area contributed by atoms with Crippen molar-refractivity contribution < 1.29 is 17.7 Å². The lowest BCUT2D eigenvalue weighted by Crippen LogP contribution is -2.08. The van der Waals surface area contributed by atoms with Crippen LogP contribution >= 0.6 is 0 Å². The van der Waals surface area contributed by atoms with Crippen LogP contribution in [0.1, 0.15) is 5.69 Å². The van der Waals surface area contributed by atoms with Gasteiger partial charge in [0.2, 0.25) is 11.6 Å². The van der Waals surface area contributed by atoms with Crippen LogP contribution in [0.4, 0.5) is 24.7 Å². The molecule has 7 heteroatoms. The molecule has 0 saturated carbocycles. The topological polar surface area (TPSA) is 78.1 Å². The van der Waals surface area contributed by atoms with Gasteiger partial charge in [-0.1, -0.05) is 5.16 Å². The third kappa shape index (κ3) is 1.21. The number of halogens is 3. The summed E-state index contributed by atoms with van der Waals surface area (Å²) in [5.41, 5.74) is 7.82. The first-order chi connectivity index (χ1) is 4.93. The number of hydrogen-bond acceptors (Lipinski definition) is 4. The molecule has 0 aliphatic rings. The summed E-state index contributed by atoms with van der Waals surface area (Å²) in [6.45, 7) is 0. The summed E-state index contributed by atoms with van der Waals surface area (Å²) in [4.78, 5) is 0. The average Bonchev–Trinajstić information content (AvgIpc) is 2.11. The van der Waals surface area contributed by atoms with Crippen molar-refractivity contribution in [1.29, 1.82) is 0 Å². The number of nitrogens with two attached hydrogens (primary N) is 2. The van der Waals surface area contributed by atoms with Crippen molar-refractivity contribution in [3.8, 4) is 0 Å². The zero-order valence-electron chi connectivity index (χ0n) is 5.14. The molecule has 0 aliphatic carbocycles. The highest BCUT2D eigenvalue weighted by atomic mass is 19.4. The Morgan fingerprint density at radius 1 is 1.27 bits per heavy atom. The van der Waals surface area contributed by atoms with Crippen molar-refractivity contribution in [2.75, 3.05) is 11.5 Å². The van der Waals surface area contributed by atoms with E-state index in [-0.39, 0.29) is 0 Å². The van der Waals surface area contributed by atoms with Crippen LogP contribution in [0.25, 0.3) is 0 Å². The van der Waals surface area contributed by atoms with Crippen molar-refractivity contribution in [2.45, 2.75) is 6.18 Å². The zero-order valence-corrected chi connectivity index (χ0v) is 5.14. The molecule has 1 heterocycles. The Balaban J connectivity index is 3.15. The van der Waals surface area contributed by atoms with Gasteiger partial charge in [0.1, 0.15) is 5.69 Å². The standard InChI is InChI=1S/C4H4F3N3O/c5-4(6,7)2-1(8)3(9)11-10-2/h8-9H2. The third-order valence-corrected chi connectivity index (χ3v) is 1.02. The van der Waals surface area contributed by atoms with E-state index >= 15 is 0 Å². The molecule has 11 heavy (non-hydrogen) atoms. The first kappa shape index (κ1) is 7.70. The maximum absolute atomic E-state index is 11.8. The van der Waals surface area contributed by atoms with Crippen LogP contribution in [0.3, 0.4) is 0 Å². The van der Waals surface area contributed by atoms with E-state index in [4.69, 9.17) is 11.5 Å². The van der Waals surface area contributed by atoms with E-state index in [0.717, 1.165) is 0 Å². The first-order valence-electron chi connectivity index (χ1n) is 2.50. The largest absolute Gasteiger partial charge is 0.438 e. The van der Waals surface area contributed by atoms with E-state index in [1.54, 1.807) is 0 Å². The number of nitrogen functional groups attached to an aromatic ring is 2. The zero-order chi connectivity index (χ0) is 8.65. The second-order valence-corrected chi connectivity index (χ2v) is 1.81. The van der Waals surface area contributed by atoms with Crippen molar-refractivity contribution in [2.24, 2.45) is 0 Å². The molecule has 0 aromatic carbocycles. The van der Waals surface area contributed by atoms with Gasteiger partial charge in [-0.2, -0.15) is 13.2 Å². The predicted octanol–water partition coefficient (Wildman–Crippen LogP) is 0.858. The van der Waals surface area contributed by atoms with E-state index in [2.05, 4.69) is 9.68 Å². The highest BCUT2D eigenvalue weighted by Gasteiger charge is 2.38. The van der Waals surface area contributed by atoms with E-state index in [1.807, 2.05) is 0 Å². The van der Waals surface area contributed by atoms with Gasteiger partial charge in [-0.25, -0.2) is 0 Å². The fourth-order valence-electron chi connectivity index (χ4n) is 0.514. The van der Waals surface area contributed by atoms with Gasteiger partial charge in [0.15, 0.2) is 0 Å². The Kier molecular flexibility index (Phi) is 1.43. The number of rotatable bonds is 0. The molecule has 1 aromatic rings. The van der Waals surface area contributed by atoms with Crippen LogP contribution in [-0.4, -0.2) is 5.16 Å². The lowest BCUT2D eigenvalue weighted by atomic mass is 10.3. The lowest BCUT2D eigenvalue weighted by Gasteiger charge is -2.00.